The molecule has 4 nitrogen and oxygen atoms in total. The standard InChI is InChI=1S/C18H26N2O2.ClH/c1-18(2,3)15-6-4-5-7-16(15)22-12-17(21)20-10-13-8-19-9-14(13)11-20;/h4-7,13-14,19H,8-12H2,1-3H3;1H/t13-,14+;. The second-order valence-corrected chi connectivity index (χ2v) is 7.51. The molecule has 3 rings (SSSR count). The molecule has 2 fully saturated rings. The number of hydrogen-bond donors (Lipinski definition) is 1. The van der Waals surface area contributed by atoms with Crippen LogP contribution in [0.15, 0.2) is 24.3 Å². The molecular weight excluding hydrogens is 312 g/mol. The first-order chi connectivity index (χ1) is 10.4. The minimum absolute atomic E-state index is 0. The van der Waals surface area contributed by atoms with E-state index in [0.29, 0.717) is 11.8 Å². The van der Waals surface area contributed by atoms with Crippen molar-refractivity contribution in [2.45, 2.75) is 26.2 Å². The Morgan fingerprint density at radius 3 is 2.43 bits per heavy atom. The zero-order valence-corrected chi connectivity index (χ0v) is 15.0. The third-order valence-corrected chi connectivity index (χ3v) is 4.79. The van der Waals surface area contributed by atoms with Crippen LogP contribution < -0.4 is 10.1 Å². The lowest BCUT2D eigenvalue weighted by molar-refractivity contribution is -0.132. The van der Waals surface area contributed by atoms with Gasteiger partial charge in [0.25, 0.3) is 5.91 Å². The Kier molecular flexibility index (Phi) is 5.58. The highest BCUT2D eigenvalue weighted by atomic mass is 35.5. The van der Waals surface area contributed by atoms with Crippen molar-refractivity contribution < 1.29 is 9.53 Å². The van der Waals surface area contributed by atoms with Crippen molar-refractivity contribution in [2.75, 3.05) is 32.8 Å². The van der Waals surface area contributed by atoms with Crippen LogP contribution in [0.5, 0.6) is 5.75 Å². The summed E-state index contributed by atoms with van der Waals surface area (Å²) in [7, 11) is 0. The van der Waals surface area contributed by atoms with E-state index in [2.05, 4.69) is 32.2 Å². The Bertz CT molecular complexity index is 544. The van der Waals surface area contributed by atoms with Gasteiger partial charge in [0.15, 0.2) is 6.61 Å². The first kappa shape index (κ1) is 18.1. The highest BCUT2D eigenvalue weighted by Crippen LogP contribution is 2.31. The smallest absolute Gasteiger partial charge is 0.260 e. The van der Waals surface area contributed by atoms with E-state index in [0.717, 1.165) is 37.5 Å². The maximum atomic E-state index is 12.4. The Morgan fingerprint density at radius 2 is 1.83 bits per heavy atom. The van der Waals surface area contributed by atoms with E-state index in [4.69, 9.17) is 4.74 Å². The van der Waals surface area contributed by atoms with E-state index >= 15 is 0 Å². The lowest BCUT2D eigenvalue weighted by atomic mass is 9.86. The molecule has 0 aliphatic carbocycles. The molecule has 0 aromatic heterocycles. The number of nitrogens with one attached hydrogen (secondary N) is 1. The molecule has 1 aromatic carbocycles. The second-order valence-electron chi connectivity index (χ2n) is 7.51. The lowest BCUT2D eigenvalue weighted by Crippen LogP contribution is -2.35. The number of nitrogens with zero attached hydrogens (tertiary/aromatic N) is 1. The van der Waals surface area contributed by atoms with Gasteiger partial charge in [-0.3, -0.25) is 4.79 Å². The van der Waals surface area contributed by atoms with Crippen LogP contribution in [-0.4, -0.2) is 43.6 Å². The molecule has 2 atom stereocenters. The van der Waals surface area contributed by atoms with E-state index in [1.165, 1.54) is 0 Å². The lowest BCUT2D eigenvalue weighted by Gasteiger charge is -2.23. The van der Waals surface area contributed by atoms with Crippen LogP contribution in [0.3, 0.4) is 0 Å². The molecule has 1 N–H and O–H groups in total. The van der Waals surface area contributed by atoms with E-state index in [9.17, 15) is 4.79 Å². The van der Waals surface area contributed by atoms with E-state index in [1.54, 1.807) is 0 Å². The fourth-order valence-corrected chi connectivity index (χ4v) is 3.50. The third kappa shape index (κ3) is 3.99. The van der Waals surface area contributed by atoms with Gasteiger partial charge < -0.3 is 15.0 Å². The maximum absolute atomic E-state index is 12.4. The zero-order chi connectivity index (χ0) is 15.7. The number of halogens is 1. The van der Waals surface area contributed by atoms with E-state index in [-0.39, 0.29) is 30.3 Å². The summed E-state index contributed by atoms with van der Waals surface area (Å²) in [5.74, 6) is 2.19. The molecule has 0 bridgehead atoms. The van der Waals surface area contributed by atoms with Crippen molar-refractivity contribution in [2.24, 2.45) is 11.8 Å². The van der Waals surface area contributed by atoms with Gasteiger partial charge >= 0.3 is 0 Å². The number of amides is 1. The summed E-state index contributed by atoms with van der Waals surface area (Å²) in [6, 6.07) is 8.01. The number of carbonyl (C=O) groups is 1. The van der Waals surface area contributed by atoms with Crippen LogP contribution in [-0.2, 0) is 10.2 Å². The zero-order valence-electron chi connectivity index (χ0n) is 14.2. The normalized spacial score (nSPS) is 23.3. The number of carbonyl (C=O) groups excluding carboxylic acids is 1. The highest BCUT2D eigenvalue weighted by molar-refractivity contribution is 5.85. The summed E-state index contributed by atoms with van der Waals surface area (Å²) in [6.07, 6.45) is 0. The number of hydrogen-bond acceptors (Lipinski definition) is 3. The number of ether oxygens (including phenoxy) is 1. The molecule has 23 heavy (non-hydrogen) atoms. The predicted octanol–water partition coefficient (Wildman–Crippen LogP) is 2.46. The number of para-hydroxylation sites is 1. The van der Waals surface area contributed by atoms with Crippen LogP contribution in [0.4, 0.5) is 0 Å². The molecule has 1 amide bonds. The second kappa shape index (κ2) is 7.10. The number of fused-ring (bicyclic) bond motifs is 1. The molecule has 0 saturated carbocycles. The van der Waals surface area contributed by atoms with Crippen molar-refractivity contribution in [3.63, 3.8) is 0 Å². The van der Waals surface area contributed by atoms with Crippen molar-refractivity contribution in [1.82, 2.24) is 10.2 Å². The van der Waals surface area contributed by atoms with Crippen molar-refractivity contribution >= 4 is 18.3 Å². The molecule has 128 valence electrons. The van der Waals surface area contributed by atoms with Gasteiger partial charge in [0.2, 0.25) is 0 Å². The molecule has 5 heteroatoms. The molecule has 2 aliphatic rings. The first-order valence-electron chi connectivity index (χ1n) is 8.16. The van der Waals surface area contributed by atoms with E-state index in [1.807, 2.05) is 23.1 Å². The number of rotatable bonds is 3. The van der Waals surface area contributed by atoms with Crippen LogP contribution in [0.1, 0.15) is 26.3 Å². The summed E-state index contributed by atoms with van der Waals surface area (Å²) in [5.41, 5.74) is 1.15. The fourth-order valence-electron chi connectivity index (χ4n) is 3.50. The van der Waals surface area contributed by atoms with Gasteiger partial charge in [-0.25, -0.2) is 0 Å². The van der Waals surface area contributed by atoms with Crippen molar-refractivity contribution in [3.05, 3.63) is 29.8 Å². The van der Waals surface area contributed by atoms with Gasteiger partial charge in [0.05, 0.1) is 0 Å². The summed E-state index contributed by atoms with van der Waals surface area (Å²) >= 11 is 0. The molecule has 0 spiro atoms. The monoisotopic (exact) mass is 338 g/mol. The summed E-state index contributed by atoms with van der Waals surface area (Å²) in [6.45, 7) is 10.5. The largest absolute Gasteiger partial charge is 0.483 e. The molecular formula is C18H27ClN2O2. The van der Waals surface area contributed by atoms with Gasteiger partial charge in [-0.2, -0.15) is 0 Å². The van der Waals surface area contributed by atoms with E-state index < -0.39 is 0 Å². The summed E-state index contributed by atoms with van der Waals surface area (Å²) < 4.78 is 5.85. The Morgan fingerprint density at radius 1 is 1.22 bits per heavy atom. The van der Waals surface area contributed by atoms with Gasteiger partial charge in [-0.15, -0.1) is 12.4 Å². The molecule has 2 aliphatic heterocycles. The van der Waals surface area contributed by atoms with Crippen LogP contribution in [0.25, 0.3) is 0 Å². The Labute approximate surface area is 145 Å². The summed E-state index contributed by atoms with van der Waals surface area (Å²) in [4.78, 5) is 14.4. The Balaban J connectivity index is 0.00000192. The number of likely N-dealkylation sites (tertiary alicyclic amines) is 1. The van der Waals surface area contributed by atoms with Gasteiger partial charge in [0.1, 0.15) is 5.75 Å². The van der Waals surface area contributed by atoms with Crippen LogP contribution in [0.2, 0.25) is 0 Å². The molecule has 1 aromatic rings. The minimum atomic E-state index is 0. The predicted molar refractivity (Wildman–Crippen MR) is 94.3 cm³/mol. The molecule has 0 unspecified atom stereocenters. The van der Waals surface area contributed by atoms with Crippen LogP contribution >= 0.6 is 12.4 Å². The highest BCUT2D eigenvalue weighted by Gasteiger charge is 2.38. The topological polar surface area (TPSA) is 41.6 Å². The minimum Gasteiger partial charge on any atom is -0.483 e. The van der Waals surface area contributed by atoms with Gasteiger partial charge in [-0.05, 0) is 28.9 Å². The molecule has 2 heterocycles. The van der Waals surface area contributed by atoms with Crippen LogP contribution in [0, 0.1) is 11.8 Å². The Hall–Kier alpha value is -1.26. The quantitative estimate of drug-likeness (QED) is 0.920. The molecule has 2 saturated heterocycles. The average Bonchev–Trinajstić information content (AvgIpc) is 3.05. The molecule has 0 radical (unpaired) electrons. The third-order valence-electron chi connectivity index (χ3n) is 4.79. The summed E-state index contributed by atoms with van der Waals surface area (Å²) in [5, 5.41) is 3.40. The SMILES string of the molecule is CC(C)(C)c1ccccc1OCC(=O)N1C[C@H]2CNC[C@H]2C1.Cl. The average molecular weight is 339 g/mol. The maximum Gasteiger partial charge on any atom is 0.260 e. The van der Waals surface area contributed by atoms with Gasteiger partial charge in [0, 0.05) is 26.2 Å². The number of benzene rings is 1. The van der Waals surface area contributed by atoms with Gasteiger partial charge in [-0.1, -0.05) is 39.0 Å². The first-order valence-corrected chi connectivity index (χ1v) is 8.16. The van der Waals surface area contributed by atoms with Crippen molar-refractivity contribution in [1.29, 1.82) is 0 Å². The van der Waals surface area contributed by atoms with Crippen molar-refractivity contribution in [3.8, 4) is 5.75 Å². The fraction of sp³-hybridized carbons (Fsp3) is 0.611.